The summed E-state index contributed by atoms with van der Waals surface area (Å²) in [6.45, 7) is 6.16. The summed E-state index contributed by atoms with van der Waals surface area (Å²) in [7, 11) is 0. The van der Waals surface area contributed by atoms with E-state index in [0.717, 1.165) is 17.7 Å². The molecule has 1 aromatic heterocycles. The molecule has 2 rings (SSSR count). The van der Waals surface area contributed by atoms with Crippen molar-refractivity contribution >= 4 is 11.5 Å². The molecule has 1 atom stereocenters. The van der Waals surface area contributed by atoms with Crippen LogP contribution in [0.25, 0.3) is 0 Å². The molecule has 0 aliphatic heterocycles. The number of carbonyl (C=O) groups excluding carboxylic acids is 1. The van der Waals surface area contributed by atoms with Gasteiger partial charge in [0.25, 0.3) is 0 Å². The van der Waals surface area contributed by atoms with Crippen molar-refractivity contribution in [2.45, 2.75) is 39.7 Å². The van der Waals surface area contributed by atoms with Crippen LogP contribution in [0.4, 0.5) is 5.69 Å². The predicted molar refractivity (Wildman–Crippen MR) is 80.9 cm³/mol. The van der Waals surface area contributed by atoms with Crippen molar-refractivity contribution in [1.82, 2.24) is 9.78 Å². The topological polar surface area (TPSA) is 60.9 Å². The minimum Gasteiger partial charge on any atom is -0.398 e. The van der Waals surface area contributed by atoms with Crippen LogP contribution >= 0.6 is 0 Å². The number of aryl methyl sites for hydroxylation is 1. The van der Waals surface area contributed by atoms with Gasteiger partial charge in [-0.2, -0.15) is 5.10 Å². The summed E-state index contributed by atoms with van der Waals surface area (Å²) < 4.78 is 1.91. The number of rotatable bonds is 5. The fourth-order valence-corrected chi connectivity index (χ4v) is 1.98. The lowest BCUT2D eigenvalue weighted by molar-refractivity contribution is 0.0991. The van der Waals surface area contributed by atoms with E-state index in [1.807, 2.05) is 36.0 Å². The number of hydrogen-bond acceptors (Lipinski definition) is 3. The van der Waals surface area contributed by atoms with E-state index in [1.165, 1.54) is 0 Å². The highest BCUT2D eigenvalue weighted by Gasteiger charge is 2.11. The van der Waals surface area contributed by atoms with Gasteiger partial charge in [0.15, 0.2) is 5.78 Å². The van der Waals surface area contributed by atoms with Crippen molar-refractivity contribution in [1.29, 1.82) is 0 Å². The van der Waals surface area contributed by atoms with Crippen LogP contribution in [0.1, 0.15) is 47.9 Å². The third-order valence-corrected chi connectivity index (χ3v) is 3.65. The molecule has 4 nitrogen and oxygen atoms in total. The Hall–Kier alpha value is -2.10. The minimum absolute atomic E-state index is 0.0473. The van der Waals surface area contributed by atoms with Crippen LogP contribution in [-0.2, 0) is 6.42 Å². The number of nitrogens with zero attached hydrogens (tertiary/aromatic N) is 2. The number of hydrogen-bond donors (Lipinski definition) is 1. The van der Waals surface area contributed by atoms with Crippen molar-refractivity contribution in [3.05, 3.63) is 47.3 Å². The van der Waals surface area contributed by atoms with Crippen molar-refractivity contribution in [2.75, 3.05) is 5.73 Å². The van der Waals surface area contributed by atoms with E-state index in [4.69, 9.17) is 5.73 Å². The second kappa shape index (κ2) is 5.90. The monoisotopic (exact) mass is 271 g/mol. The maximum absolute atomic E-state index is 12.2. The maximum Gasteiger partial charge on any atom is 0.168 e. The third-order valence-electron chi connectivity index (χ3n) is 3.65. The summed E-state index contributed by atoms with van der Waals surface area (Å²) >= 11 is 0. The number of Topliss-reactive ketones (excluding diaryl/α,β-unsaturated/α-hetero) is 1. The summed E-state index contributed by atoms with van der Waals surface area (Å²) in [6, 6.07) is 7.69. The average molecular weight is 271 g/mol. The smallest absolute Gasteiger partial charge is 0.168 e. The summed E-state index contributed by atoms with van der Waals surface area (Å²) in [5.74, 6) is 0.0473. The Morgan fingerprint density at radius 3 is 2.80 bits per heavy atom. The fraction of sp³-hybridized carbons (Fsp3) is 0.375. The molecule has 0 aliphatic carbocycles. The Bertz CT molecular complexity index is 616. The quantitative estimate of drug-likeness (QED) is 0.671. The molecule has 0 radical (unpaired) electrons. The predicted octanol–water partition coefficient (Wildman–Crippen LogP) is 3.17. The highest BCUT2D eigenvalue weighted by Crippen LogP contribution is 2.15. The van der Waals surface area contributed by atoms with Gasteiger partial charge in [0.05, 0.1) is 12.1 Å². The molecule has 0 saturated carbocycles. The Kier molecular flexibility index (Phi) is 4.23. The van der Waals surface area contributed by atoms with E-state index in [9.17, 15) is 4.79 Å². The van der Waals surface area contributed by atoms with Crippen molar-refractivity contribution in [3.63, 3.8) is 0 Å². The van der Waals surface area contributed by atoms with Gasteiger partial charge < -0.3 is 5.73 Å². The van der Waals surface area contributed by atoms with Gasteiger partial charge in [0.1, 0.15) is 0 Å². The van der Waals surface area contributed by atoms with E-state index >= 15 is 0 Å². The molecule has 106 valence electrons. The molecular formula is C16H21N3O. The van der Waals surface area contributed by atoms with Gasteiger partial charge in [0, 0.05) is 23.5 Å². The number of benzene rings is 1. The van der Waals surface area contributed by atoms with Gasteiger partial charge in [-0.25, -0.2) is 0 Å². The summed E-state index contributed by atoms with van der Waals surface area (Å²) in [6.07, 6.45) is 3.26. The minimum atomic E-state index is 0.0473. The molecule has 20 heavy (non-hydrogen) atoms. The molecule has 0 fully saturated rings. The number of carbonyl (C=O) groups is 1. The highest BCUT2D eigenvalue weighted by atomic mass is 16.1. The first-order chi connectivity index (χ1) is 9.51. The van der Waals surface area contributed by atoms with Crippen LogP contribution in [0.2, 0.25) is 0 Å². The van der Waals surface area contributed by atoms with Crippen molar-refractivity contribution in [3.8, 4) is 0 Å². The van der Waals surface area contributed by atoms with E-state index in [2.05, 4.69) is 18.9 Å². The van der Waals surface area contributed by atoms with Gasteiger partial charge in [0.2, 0.25) is 0 Å². The fourth-order valence-electron chi connectivity index (χ4n) is 1.98. The standard InChI is InChI=1S/C16H21N3O/c1-4-12(3)19-8-7-14(18-19)10-16(20)13-6-5-11(2)15(17)9-13/h5-9,12H,4,10,17H2,1-3H3. The zero-order valence-corrected chi connectivity index (χ0v) is 12.3. The molecule has 2 aromatic rings. The first-order valence-electron chi connectivity index (χ1n) is 6.94. The van der Waals surface area contributed by atoms with E-state index in [1.54, 1.807) is 6.07 Å². The first kappa shape index (κ1) is 14.3. The molecule has 0 saturated heterocycles. The zero-order chi connectivity index (χ0) is 14.7. The maximum atomic E-state index is 12.2. The molecular weight excluding hydrogens is 250 g/mol. The van der Waals surface area contributed by atoms with Gasteiger partial charge in [-0.15, -0.1) is 0 Å². The molecule has 1 heterocycles. The average Bonchev–Trinajstić information content (AvgIpc) is 2.89. The number of nitrogens with two attached hydrogens (primary N) is 1. The number of aromatic nitrogens is 2. The Labute approximate surface area is 119 Å². The highest BCUT2D eigenvalue weighted by molar-refractivity contribution is 5.98. The summed E-state index contributed by atoms with van der Waals surface area (Å²) in [4.78, 5) is 12.2. The Balaban J connectivity index is 2.11. The number of ketones is 1. The molecule has 0 bridgehead atoms. The second-order valence-corrected chi connectivity index (χ2v) is 5.22. The van der Waals surface area contributed by atoms with Crippen molar-refractivity contribution in [2.24, 2.45) is 0 Å². The number of anilines is 1. The van der Waals surface area contributed by atoms with E-state index in [-0.39, 0.29) is 5.78 Å². The van der Waals surface area contributed by atoms with Gasteiger partial charge in [-0.05, 0) is 38.0 Å². The van der Waals surface area contributed by atoms with Gasteiger partial charge in [-0.3, -0.25) is 9.48 Å². The van der Waals surface area contributed by atoms with Crippen LogP contribution < -0.4 is 5.73 Å². The molecule has 1 aromatic carbocycles. The van der Waals surface area contributed by atoms with Crippen LogP contribution in [0.5, 0.6) is 0 Å². The van der Waals surface area contributed by atoms with Gasteiger partial charge in [-0.1, -0.05) is 19.1 Å². The van der Waals surface area contributed by atoms with Crippen LogP contribution in [0.3, 0.4) is 0 Å². The number of nitrogen functional groups attached to an aromatic ring is 1. The van der Waals surface area contributed by atoms with E-state index in [0.29, 0.717) is 23.7 Å². The molecule has 0 aliphatic rings. The summed E-state index contributed by atoms with van der Waals surface area (Å²) in [5, 5.41) is 4.45. The van der Waals surface area contributed by atoms with Crippen molar-refractivity contribution < 1.29 is 4.79 Å². The lowest BCUT2D eigenvalue weighted by Crippen LogP contribution is -2.08. The largest absolute Gasteiger partial charge is 0.398 e. The SMILES string of the molecule is CCC(C)n1ccc(CC(=O)c2ccc(C)c(N)c2)n1. The normalized spacial score (nSPS) is 12.3. The third kappa shape index (κ3) is 3.07. The Morgan fingerprint density at radius 2 is 2.15 bits per heavy atom. The molecule has 4 heteroatoms. The molecule has 0 spiro atoms. The molecule has 2 N–H and O–H groups in total. The Morgan fingerprint density at radius 1 is 1.40 bits per heavy atom. The summed E-state index contributed by atoms with van der Waals surface area (Å²) in [5.41, 5.74) is 8.93. The molecule has 0 amide bonds. The lowest BCUT2D eigenvalue weighted by Gasteiger charge is -2.08. The zero-order valence-electron chi connectivity index (χ0n) is 12.3. The second-order valence-electron chi connectivity index (χ2n) is 5.22. The van der Waals surface area contributed by atoms with Crippen LogP contribution in [0.15, 0.2) is 30.5 Å². The molecule has 1 unspecified atom stereocenters. The first-order valence-corrected chi connectivity index (χ1v) is 6.94. The lowest BCUT2D eigenvalue weighted by atomic mass is 10.0. The van der Waals surface area contributed by atoms with E-state index < -0.39 is 0 Å². The van der Waals surface area contributed by atoms with Gasteiger partial charge >= 0.3 is 0 Å². The van der Waals surface area contributed by atoms with Crippen LogP contribution in [-0.4, -0.2) is 15.6 Å². The van der Waals surface area contributed by atoms with Crippen LogP contribution in [0, 0.1) is 6.92 Å².